The predicted octanol–water partition coefficient (Wildman–Crippen LogP) is 15.1. The monoisotopic (exact) mass is 821 g/mol. The van der Waals surface area contributed by atoms with E-state index in [4.69, 9.17) is 15.0 Å². The normalized spacial score (nSPS) is 11.8. The van der Waals surface area contributed by atoms with Crippen LogP contribution in [-0.4, -0.2) is 24.1 Å². The second-order valence-corrected chi connectivity index (χ2v) is 17.0. The molecule has 294 valence electrons. The fraction of sp³-hybridized carbons (Fsp3) is 0. The minimum Gasteiger partial charge on any atom is -0.308 e. The number of fused-ring (bicyclic) bond motifs is 11. The van der Waals surface area contributed by atoms with Crippen LogP contribution in [0.4, 0.5) is 0 Å². The lowest BCUT2D eigenvalue weighted by Crippen LogP contribution is -2.06. The van der Waals surface area contributed by atoms with Gasteiger partial charge in [-0.05, 0) is 52.6 Å². The lowest BCUT2D eigenvalue weighted by Gasteiger charge is -2.12. The lowest BCUT2D eigenvalue weighted by atomic mass is 10.0. The number of benzene rings is 9. The van der Waals surface area contributed by atoms with Gasteiger partial charge in [0.15, 0.2) is 11.6 Å². The smallest absolute Gasteiger partial charge is 0.238 e. The molecule has 0 saturated carbocycles. The molecule has 0 aliphatic heterocycles. The molecule has 6 heteroatoms. The number of hydrogen-bond donors (Lipinski definition) is 0. The van der Waals surface area contributed by atoms with Gasteiger partial charge in [0.05, 0.1) is 31.5 Å². The maximum atomic E-state index is 5.41. The molecular weight excluding hydrogens is 787 g/mol. The van der Waals surface area contributed by atoms with E-state index < -0.39 is 0 Å². The molecule has 0 atom stereocenters. The quantitative estimate of drug-likeness (QED) is 0.168. The third-order valence-corrected chi connectivity index (χ3v) is 13.6. The average molecular weight is 822 g/mol. The highest BCUT2D eigenvalue weighted by atomic mass is 32.1. The number of aromatic nitrogens is 5. The van der Waals surface area contributed by atoms with Gasteiger partial charge in [-0.1, -0.05) is 182 Å². The van der Waals surface area contributed by atoms with E-state index in [1.165, 1.54) is 42.0 Å². The van der Waals surface area contributed by atoms with Crippen LogP contribution in [-0.2, 0) is 0 Å². The molecule has 0 unspecified atom stereocenters. The maximum absolute atomic E-state index is 5.41. The fourth-order valence-electron chi connectivity index (χ4n) is 9.47. The highest BCUT2D eigenvalue weighted by molar-refractivity contribution is 7.27. The first-order valence-corrected chi connectivity index (χ1v) is 22.0. The van der Waals surface area contributed by atoms with E-state index in [9.17, 15) is 0 Å². The molecule has 0 amide bonds. The maximum Gasteiger partial charge on any atom is 0.238 e. The molecule has 0 saturated heterocycles. The largest absolute Gasteiger partial charge is 0.308 e. The summed E-state index contributed by atoms with van der Waals surface area (Å²) in [6, 6.07) is 75.3. The van der Waals surface area contributed by atoms with Gasteiger partial charge in [0, 0.05) is 49.1 Å². The Labute approximate surface area is 366 Å². The summed E-state index contributed by atoms with van der Waals surface area (Å²) in [6.45, 7) is 0. The number of nitrogens with zero attached hydrogens (tertiary/aromatic N) is 5. The molecule has 5 nitrogen and oxygen atoms in total. The predicted molar refractivity (Wildman–Crippen MR) is 263 cm³/mol. The van der Waals surface area contributed by atoms with Crippen LogP contribution in [0.5, 0.6) is 0 Å². The van der Waals surface area contributed by atoms with E-state index >= 15 is 0 Å². The second-order valence-electron chi connectivity index (χ2n) is 16.0. The molecule has 9 aromatic carbocycles. The highest BCUT2D eigenvalue weighted by Gasteiger charge is 2.23. The molecule has 0 N–H and O–H groups in total. The van der Waals surface area contributed by atoms with Crippen molar-refractivity contribution in [2.24, 2.45) is 0 Å². The van der Waals surface area contributed by atoms with Gasteiger partial charge in [0.25, 0.3) is 0 Å². The van der Waals surface area contributed by atoms with E-state index in [1.807, 2.05) is 23.5 Å². The van der Waals surface area contributed by atoms with Crippen molar-refractivity contribution in [2.75, 3.05) is 0 Å². The van der Waals surface area contributed by atoms with E-state index in [1.54, 1.807) is 0 Å². The van der Waals surface area contributed by atoms with Crippen LogP contribution >= 0.6 is 11.3 Å². The molecule has 13 rings (SSSR count). The van der Waals surface area contributed by atoms with Crippen LogP contribution in [0.3, 0.4) is 0 Å². The average Bonchev–Trinajstić information content (AvgIpc) is 4.03. The van der Waals surface area contributed by atoms with Crippen molar-refractivity contribution in [1.82, 2.24) is 24.1 Å². The molecule has 0 bridgehead atoms. The zero-order chi connectivity index (χ0) is 41.4. The first-order valence-electron chi connectivity index (χ1n) is 21.2. The Bertz CT molecular complexity index is 3890. The summed E-state index contributed by atoms with van der Waals surface area (Å²) in [5.74, 6) is 1.80. The van der Waals surface area contributed by atoms with Crippen LogP contribution in [0.25, 0.3) is 120 Å². The summed E-state index contributed by atoms with van der Waals surface area (Å²) in [5, 5.41) is 7.24. The fourth-order valence-corrected chi connectivity index (χ4v) is 10.9. The molecule has 63 heavy (non-hydrogen) atoms. The standard InChI is InChI=1S/C57H35N5S/c1-4-15-36(16-5-1)38-27-29-39(30-28-38)55-58-56(41-20-14-19-40(35-41)37-17-6-2-7-18-37)60-57(59-55)62-50-26-13-11-24-44(50)46-32-34-48-47-33-31-45-43-23-10-12-25-49(43)61(42-21-8-3-9-22-42)51(45)53(47)63-54(48)52(46)62/h1-35H. The summed E-state index contributed by atoms with van der Waals surface area (Å²) >= 11 is 1.86. The van der Waals surface area contributed by atoms with Gasteiger partial charge in [0.2, 0.25) is 5.95 Å². The molecule has 13 aromatic rings. The Morgan fingerprint density at radius 3 is 1.38 bits per heavy atom. The van der Waals surface area contributed by atoms with Crippen LogP contribution < -0.4 is 0 Å². The number of rotatable bonds is 6. The van der Waals surface area contributed by atoms with Gasteiger partial charge in [-0.2, -0.15) is 9.97 Å². The summed E-state index contributed by atoms with van der Waals surface area (Å²) in [7, 11) is 0. The number of hydrogen-bond acceptors (Lipinski definition) is 4. The minimum absolute atomic E-state index is 0.576. The summed E-state index contributed by atoms with van der Waals surface area (Å²) in [6.07, 6.45) is 0. The van der Waals surface area contributed by atoms with Crippen LogP contribution in [0.1, 0.15) is 0 Å². The van der Waals surface area contributed by atoms with Gasteiger partial charge in [-0.15, -0.1) is 11.3 Å². The Balaban J connectivity index is 1.10. The van der Waals surface area contributed by atoms with Crippen LogP contribution in [0.15, 0.2) is 212 Å². The SMILES string of the molecule is c1ccc(-c2ccc(-c3nc(-c4cccc(-c5ccccc5)c4)nc(-n4c5ccccc5c5ccc6c7ccc8c9ccccc9n(-c9ccccc9)c8c7sc6c54)n3)cc2)cc1. The van der Waals surface area contributed by atoms with Crippen molar-refractivity contribution in [3.05, 3.63) is 212 Å². The summed E-state index contributed by atoms with van der Waals surface area (Å²) < 4.78 is 7.16. The van der Waals surface area contributed by atoms with Crippen LogP contribution in [0, 0.1) is 0 Å². The van der Waals surface area contributed by atoms with Gasteiger partial charge < -0.3 is 4.57 Å². The minimum atomic E-state index is 0.576. The number of para-hydroxylation sites is 3. The topological polar surface area (TPSA) is 48.5 Å². The van der Waals surface area contributed by atoms with Gasteiger partial charge in [-0.3, -0.25) is 4.57 Å². The molecular formula is C57H35N5S. The van der Waals surface area contributed by atoms with Gasteiger partial charge >= 0.3 is 0 Å². The van der Waals surface area contributed by atoms with E-state index in [2.05, 4.69) is 209 Å². The van der Waals surface area contributed by atoms with Crippen molar-refractivity contribution in [1.29, 1.82) is 0 Å². The summed E-state index contributed by atoms with van der Waals surface area (Å²) in [5.41, 5.74) is 12.1. The lowest BCUT2D eigenvalue weighted by molar-refractivity contribution is 0.955. The molecule has 4 heterocycles. The summed E-state index contributed by atoms with van der Waals surface area (Å²) in [4.78, 5) is 16.0. The van der Waals surface area contributed by atoms with E-state index in [0.717, 1.165) is 60.9 Å². The molecule has 0 spiro atoms. The van der Waals surface area contributed by atoms with Crippen molar-refractivity contribution < 1.29 is 0 Å². The number of thiophene rings is 1. The first-order chi connectivity index (χ1) is 31.2. The van der Waals surface area contributed by atoms with E-state index in [-0.39, 0.29) is 0 Å². The molecule has 0 aliphatic rings. The first kappa shape index (κ1) is 35.6. The third-order valence-electron chi connectivity index (χ3n) is 12.4. The van der Waals surface area contributed by atoms with E-state index in [0.29, 0.717) is 17.6 Å². The molecule has 0 radical (unpaired) electrons. The molecule has 0 fully saturated rings. The van der Waals surface area contributed by atoms with Crippen molar-refractivity contribution >= 4 is 75.1 Å². The Kier molecular flexibility index (Phi) is 8.01. The zero-order valence-electron chi connectivity index (χ0n) is 33.9. The van der Waals surface area contributed by atoms with Gasteiger partial charge in [-0.25, -0.2) is 4.98 Å². The van der Waals surface area contributed by atoms with Crippen molar-refractivity contribution in [2.45, 2.75) is 0 Å². The molecule has 4 aromatic heterocycles. The Hall–Kier alpha value is -8.19. The van der Waals surface area contributed by atoms with Crippen molar-refractivity contribution in [3.63, 3.8) is 0 Å². The zero-order valence-corrected chi connectivity index (χ0v) is 34.7. The third kappa shape index (κ3) is 5.66. The highest BCUT2D eigenvalue weighted by Crippen LogP contribution is 2.47. The van der Waals surface area contributed by atoms with Gasteiger partial charge in [0.1, 0.15) is 0 Å². The van der Waals surface area contributed by atoms with Crippen molar-refractivity contribution in [3.8, 4) is 56.7 Å². The molecule has 0 aliphatic carbocycles. The Morgan fingerprint density at radius 2 is 0.746 bits per heavy atom. The second kappa shape index (κ2) is 14.2. The Morgan fingerprint density at radius 1 is 0.302 bits per heavy atom. The van der Waals surface area contributed by atoms with Crippen LogP contribution in [0.2, 0.25) is 0 Å².